The number of rotatable bonds is 4. The van der Waals surface area contributed by atoms with E-state index in [4.69, 9.17) is 13.9 Å². The van der Waals surface area contributed by atoms with Crippen molar-refractivity contribution in [1.82, 2.24) is 19.9 Å². The van der Waals surface area contributed by atoms with Gasteiger partial charge in [0.1, 0.15) is 17.9 Å². The molecule has 9 heteroatoms. The molecular formula is C19H25N5O4. The zero-order valence-electron chi connectivity index (χ0n) is 16.3. The first kappa shape index (κ1) is 18.8. The Kier molecular flexibility index (Phi) is 5.27. The summed E-state index contributed by atoms with van der Waals surface area (Å²) in [5.74, 6) is 1.37. The first-order valence-corrected chi connectivity index (χ1v) is 9.48. The maximum atomic E-state index is 12.8. The number of aromatic nitrogens is 3. The highest BCUT2D eigenvalue weighted by Crippen LogP contribution is 2.32. The zero-order chi connectivity index (χ0) is 19.6. The molecule has 0 atom stereocenters. The van der Waals surface area contributed by atoms with Gasteiger partial charge in [0.25, 0.3) is 5.91 Å². The van der Waals surface area contributed by atoms with Crippen LogP contribution in [0, 0.1) is 6.92 Å². The fourth-order valence-electron chi connectivity index (χ4n) is 3.91. The number of aryl methyl sites for hydroxylation is 1. The number of ether oxygens (including phenoxy) is 2. The summed E-state index contributed by atoms with van der Waals surface area (Å²) in [6.07, 6.45) is 4.55. The minimum absolute atomic E-state index is 0.0867. The molecule has 0 saturated carbocycles. The number of hydrogen-bond acceptors (Lipinski definition) is 8. The molecular weight excluding hydrogens is 362 g/mol. The summed E-state index contributed by atoms with van der Waals surface area (Å²) in [7, 11) is 1.65. The standard InChI is InChI=1S/C19H25N5O4/c1-14-17(22-13-27-14)18(25)24-7-8-28-19(11-24)3-5-23(6-4-19)16-9-15(10-26-2)20-12-21-16/h9,12-13H,3-8,10-11H2,1-2H3. The largest absolute Gasteiger partial charge is 0.448 e. The number of carbonyl (C=O) groups excluding carboxylic acids is 1. The molecule has 28 heavy (non-hydrogen) atoms. The summed E-state index contributed by atoms with van der Waals surface area (Å²) in [5, 5.41) is 0. The minimum atomic E-state index is -0.315. The number of nitrogens with zero attached hydrogens (tertiary/aromatic N) is 5. The zero-order valence-corrected chi connectivity index (χ0v) is 16.3. The molecule has 2 aliphatic rings. The Morgan fingerprint density at radius 2 is 2.07 bits per heavy atom. The molecule has 2 fully saturated rings. The van der Waals surface area contributed by atoms with Gasteiger partial charge in [-0.2, -0.15) is 0 Å². The van der Waals surface area contributed by atoms with Crippen molar-refractivity contribution in [1.29, 1.82) is 0 Å². The summed E-state index contributed by atoms with van der Waals surface area (Å²) in [5.41, 5.74) is 0.937. The molecule has 0 unspecified atom stereocenters. The lowest BCUT2D eigenvalue weighted by atomic mass is 9.89. The second-order valence-corrected chi connectivity index (χ2v) is 7.30. The first-order valence-electron chi connectivity index (χ1n) is 9.48. The molecule has 0 aliphatic carbocycles. The summed E-state index contributed by atoms with van der Waals surface area (Å²) >= 11 is 0. The van der Waals surface area contributed by atoms with Gasteiger partial charge in [-0.15, -0.1) is 0 Å². The third-order valence-electron chi connectivity index (χ3n) is 5.48. The van der Waals surface area contributed by atoms with E-state index in [-0.39, 0.29) is 11.5 Å². The van der Waals surface area contributed by atoms with Crippen LogP contribution in [-0.2, 0) is 16.1 Å². The van der Waals surface area contributed by atoms with Crippen LogP contribution in [0.2, 0.25) is 0 Å². The molecule has 1 spiro atoms. The second kappa shape index (κ2) is 7.84. The number of morpholine rings is 1. The number of piperidine rings is 1. The minimum Gasteiger partial charge on any atom is -0.448 e. The Labute approximate surface area is 163 Å². The van der Waals surface area contributed by atoms with E-state index in [1.54, 1.807) is 20.4 Å². The van der Waals surface area contributed by atoms with Gasteiger partial charge in [0.05, 0.1) is 31.1 Å². The topological polar surface area (TPSA) is 93.8 Å². The number of hydrogen-bond donors (Lipinski definition) is 0. The fraction of sp³-hybridized carbons (Fsp3) is 0.579. The van der Waals surface area contributed by atoms with Crippen LogP contribution in [0.25, 0.3) is 0 Å². The Morgan fingerprint density at radius 1 is 1.25 bits per heavy atom. The Bertz CT molecular complexity index is 831. The van der Waals surface area contributed by atoms with E-state index in [2.05, 4.69) is 19.9 Å². The van der Waals surface area contributed by atoms with E-state index >= 15 is 0 Å². The van der Waals surface area contributed by atoms with Crippen LogP contribution in [0.4, 0.5) is 5.82 Å². The summed E-state index contributed by atoms with van der Waals surface area (Å²) < 4.78 is 16.5. The van der Waals surface area contributed by atoms with Gasteiger partial charge in [0.2, 0.25) is 0 Å². The van der Waals surface area contributed by atoms with Crippen LogP contribution in [0.5, 0.6) is 0 Å². The van der Waals surface area contributed by atoms with Crippen molar-refractivity contribution in [3.63, 3.8) is 0 Å². The van der Waals surface area contributed by atoms with Crippen molar-refractivity contribution < 1.29 is 18.7 Å². The average molecular weight is 387 g/mol. The third kappa shape index (κ3) is 3.72. The molecule has 0 bridgehead atoms. The highest BCUT2D eigenvalue weighted by molar-refractivity contribution is 5.93. The van der Waals surface area contributed by atoms with Gasteiger partial charge in [0, 0.05) is 32.8 Å². The van der Waals surface area contributed by atoms with Crippen LogP contribution >= 0.6 is 0 Å². The molecule has 4 heterocycles. The molecule has 9 nitrogen and oxygen atoms in total. The van der Waals surface area contributed by atoms with Crippen LogP contribution in [0.3, 0.4) is 0 Å². The maximum absolute atomic E-state index is 12.8. The van der Waals surface area contributed by atoms with Crippen LogP contribution < -0.4 is 4.90 Å². The van der Waals surface area contributed by atoms with E-state index < -0.39 is 0 Å². The van der Waals surface area contributed by atoms with Crippen LogP contribution in [0.1, 0.15) is 34.8 Å². The lowest BCUT2D eigenvalue weighted by Crippen LogP contribution is -2.58. The molecule has 2 aromatic rings. The maximum Gasteiger partial charge on any atom is 0.276 e. The molecule has 0 N–H and O–H groups in total. The molecule has 4 rings (SSSR count). The van der Waals surface area contributed by atoms with Crippen molar-refractivity contribution in [3.05, 3.63) is 35.9 Å². The summed E-state index contributed by atoms with van der Waals surface area (Å²) in [6.45, 7) is 5.54. The van der Waals surface area contributed by atoms with Gasteiger partial charge in [0.15, 0.2) is 12.1 Å². The normalized spacial score (nSPS) is 19.2. The molecule has 0 radical (unpaired) electrons. The number of amides is 1. The highest BCUT2D eigenvalue weighted by Gasteiger charge is 2.42. The molecule has 0 aromatic carbocycles. The van der Waals surface area contributed by atoms with Crippen molar-refractivity contribution in [2.45, 2.75) is 32.0 Å². The monoisotopic (exact) mass is 387 g/mol. The Hall–Kier alpha value is -2.52. The van der Waals surface area contributed by atoms with E-state index in [1.165, 1.54) is 6.39 Å². The Balaban J connectivity index is 1.41. The first-order chi connectivity index (χ1) is 13.6. The number of oxazole rings is 1. The van der Waals surface area contributed by atoms with Gasteiger partial charge >= 0.3 is 0 Å². The SMILES string of the molecule is COCc1cc(N2CCC3(CC2)CN(C(=O)c2ncoc2C)CCO3)ncn1. The summed E-state index contributed by atoms with van der Waals surface area (Å²) in [4.78, 5) is 29.6. The van der Waals surface area contributed by atoms with Gasteiger partial charge in [-0.3, -0.25) is 4.79 Å². The average Bonchev–Trinajstić information content (AvgIpc) is 3.14. The van der Waals surface area contributed by atoms with Crippen molar-refractivity contribution in [2.75, 3.05) is 44.8 Å². The van der Waals surface area contributed by atoms with Crippen molar-refractivity contribution in [2.24, 2.45) is 0 Å². The van der Waals surface area contributed by atoms with E-state index in [9.17, 15) is 4.79 Å². The lowest BCUT2D eigenvalue weighted by molar-refractivity contribution is -0.111. The smallest absolute Gasteiger partial charge is 0.276 e. The van der Waals surface area contributed by atoms with Gasteiger partial charge in [-0.1, -0.05) is 0 Å². The quantitative estimate of drug-likeness (QED) is 0.778. The second-order valence-electron chi connectivity index (χ2n) is 7.30. The Morgan fingerprint density at radius 3 is 2.79 bits per heavy atom. The van der Waals surface area contributed by atoms with Gasteiger partial charge < -0.3 is 23.7 Å². The predicted molar refractivity (Wildman–Crippen MR) is 100 cm³/mol. The number of methoxy groups -OCH3 is 1. The molecule has 2 aromatic heterocycles. The fourth-order valence-corrected chi connectivity index (χ4v) is 3.91. The molecule has 2 saturated heterocycles. The third-order valence-corrected chi connectivity index (χ3v) is 5.48. The van der Waals surface area contributed by atoms with E-state index in [0.717, 1.165) is 37.4 Å². The van der Waals surface area contributed by atoms with Gasteiger partial charge in [-0.25, -0.2) is 15.0 Å². The van der Waals surface area contributed by atoms with Gasteiger partial charge in [-0.05, 0) is 19.8 Å². The van der Waals surface area contributed by atoms with Crippen molar-refractivity contribution >= 4 is 11.7 Å². The lowest BCUT2D eigenvalue weighted by Gasteiger charge is -2.47. The molecule has 2 aliphatic heterocycles. The summed E-state index contributed by atoms with van der Waals surface area (Å²) in [6, 6.07) is 1.96. The van der Waals surface area contributed by atoms with Crippen molar-refractivity contribution in [3.8, 4) is 0 Å². The number of anilines is 1. The number of carbonyl (C=O) groups is 1. The van der Waals surface area contributed by atoms with Crippen LogP contribution in [-0.4, -0.2) is 71.3 Å². The van der Waals surface area contributed by atoms with E-state index in [1.807, 2.05) is 11.0 Å². The van der Waals surface area contributed by atoms with E-state index in [0.29, 0.717) is 37.8 Å². The predicted octanol–water partition coefficient (Wildman–Crippen LogP) is 1.43. The van der Waals surface area contributed by atoms with Crippen LogP contribution in [0.15, 0.2) is 23.2 Å². The molecule has 150 valence electrons. The molecule has 1 amide bonds. The highest BCUT2D eigenvalue weighted by atomic mass is 16.5.